The zero-order valence-corrected chi connectivity index (χ0v) is 18.3. The number of carbonyl (C=O) groups excluding carboxylic acids is 1. The number of hydrogen-bond acceptors (Lipinski definition) is 3. The SMILES string of the molecule is Cc1ccccc1CN(Cc1cccnc1)C(=O)c1cnn(-c2cccc(Cl)c2)c1C. The molecular weight excluding hydrogens is 408 g/mol. The van der Waals surface area contributed by atoms with Crippen molar-refractivity contribution in [2.45, 2.75) is 26.9 Å². The van der Waals surface area contributed by atoms with E-state index in [1.807, 2.05) is 60.4 Å². The summed E-state index contributed by atoms with van der Waals surface area (Å²) in [6.07, 6.45) is 5.16. The van der Waals surface area contributed by atoms with Gasteiger partial charge in [0.05, 0.1) is 23.1 Å². The molecule has 2 aromatic heterocycles. The summed E-state index contributed by atoms with van der Waals surface area (Å²) in [4.78, 5) is 19.7. The molecule has 156 valence electrons. The minimum absolute atomic E-state index is 0.0714. The van der Waals surface area contributed by atoms with Crippen LogP contribution in [-0.4, -0.2) is 25.6 Å². The van der Waals surface area contributed by atoms with Crippen LogP contribution in [0.15, 0.2) is 79.3 Å². The first-order valence-electron chi connectivity index (χ1n) is 10.1. The van der Waals surface area contributed by atoms with Crippen molar-refractivity contribution >= 4 is 17.5 Å². The molecule has 0 bridgehead atoms. The molecule has 2 aromatic carbocycles. The minimum atomic E-state index is -0.0714. The van der Waals surface area contributed by atoms with Gasteiger partial charge < -0.3 is 4.90 Å². The van der Waals surface area contributed by atoms with Crippen LogP contribution < -0.4 is 0 Å². The van der Waals surface area contributed by atoms with Crippen molar-refractivity contribution in [3.63, 3.8) is 0 Å². The summed E-state index contributed by atoms with van der Waals surface area (Å²) >= 11 is 6.14. The number of pyridine rings is 1. The molecule has 0 aliphatic rings. The van der Waals surface area contributed by atoms with Crippen molar-refractivity contribution in [3.05, 3.63) is 112 Å². The lowest BCUT2D eigenvalue weighted by Gasteiger charge is -2.24. The molecule has 0 aliphatic carbocycles. The Bertz CT molecular complexity index is 1200. The van der Waals surface area contributed by atoms with Crippen LogP contribution in [0.4, 0.5) is 0 Å². The van der Waals surface area contributed by atoms with Crippen molar-refractivity contribution in [1.29, 1.82) is 0 Å². The van der Waals surface area contributed by atoms with E-state index in [0.717, 1.165) is 28.1 Å². The molecule has 5 nitrogen and oxygen atoms in total. The van der Waals surface area contributed by atoms with E-state index in [0.29, 0.717) is 23.7 Å². The first-order chi connectivity index (χ1) is 15.0. The van der Waals surface area contributed by atoms with Gasteiger partial charge in [-0.3, -0.25) is 9.78 Å². The van der Waals surface area contributed by atoms with Gasteiger partial charge in [0.25, 0.3) is 5.91 Å². The Morgan fingerprint density at radius 3 is 2.58 bits per heavy atom. The van der Waals surface area contributed by atoms with Crippen LogP contribution in [0, 0.1) is 13.8 Å². The summed E-state index contributed by atoms with van der Waals surface area (Å²) in [5.74, 6) is -0.0714. The van der Waals surface area contributed by atoms with Gasteiger partial charge in [-0.25, -0.2) is 4.68 Å². The maximum Gasteiger partial charge on any atom is 0.257 e. The summed E-state index contributed by atoms with van der Waals surface area (Å²) < 4.78 is 1.75. The highest BCUT2D eigenvalue weighted by molar-refractivity contribution is 6.30. The molecule has 0 atom stereocenters. The normalized spacial score (nSPS) is 10.8. The van der Waals surface area contributed by atoms with E-state index in [4.69, 9.17) is 11.6 Å². The summed E-state index contributed by atoms with van der Waals surface area (Å²) in [6, 6.07) is 19.4. The molecule has 0 saturated carbocycles. The first-order valence-corrected chi connectivity index (χ1v) is 10.4. The molecule has 0 N–H and O–H groups in total. The quantitative estimate of drug-likeness (QED) is 0.412. The molecule has 0 spiro atoms. The number of amides is 1. The average Bonchev–Trinajstić information content (AvgIpc) is 3.16. The van der Waals surface area contributed by atoms with E-state index in [1.54, 1.807) is 23.3 Å². The van der Waals surface area contributed by atoms with Crippen molar-refractivity contribution in [2.24, 2.45) is 0 Å². The Morgan fingerprint density at radius 1 is 1.00 bits per heavy atom. The van der Waals surface area contributed by atoms with Crippen LogP contribution in [0.2, 0.25) is 5.02 Å². The molecule has 31 heavy (non-hydrogen) atoms. The summed E-state index contributed by atoms with van der Waals surface area (Å²) in [5, 5.41) is 5.08. The van der Waals surface area contributed by atoms with Crippen molar-refractivity contribution in [1.82, 2.24) is 19.7 Å². The lowest BCUT2D eigenvalue weighted by atomic mass is 10.1. The molecule has 4 aromatic rings. The largest absolute Gasteiger partial charge is 0.330 e. The zero-order chi connectivity index (χ0) is 21.8. The van der Waals surface area contributed by atoms with E-state index >= 15 is 0 Å². The third-order valence-electron chi connectivity index (χ3n) is 5.30. The fourth-order valence-electron chi connectivity index (χ4n) is 3.56. The second-order valence-electron chi connectivity index (χ2n) is 7.48. The number of nitrogens with zero attached hydrogens (tertiary/aromatic N) is 4. The summed E-state index contributed by atoms with van der Waals surface area (Å²) in [7, 11) is 0. The lowest BCUT2D eigenvalue weighted by Crippen LogP contribution is -2.30. The van der Waals surface area contributed by atoms with E-state index in [9.17, 15) is 4.79 Å². The molecule has 0 unspecified atom stereocenters. The molecule has 0 radical (unpaired) electrons. The second-order valence-corrected chi connectivity index (χ2v) is 7.92. The minimum Gasteiger partial charge on any atom is -0.330 e. The molecule has 0 aliphatic heterocycles. The monoisotopic (exact) mass is 430 g/mol. The fourth-order valence-corrected chi connectivity index (χ4v) is 3.75. The molecule has 0 saturated heterocycles. The number of aromatic nitrogens is 3. The number of benzene rings is 2. The number of carbonyl (C=O) groups is 1. The zero-order valence-electron chi connectivity index (χ0n) is 17.5. The van der Waals surface area contributed by atoms with Crippen LogP contribution in [0.25, 0.3) is 5.69 Å². The summed E-state index contributed by atoms with van der Waals surface area (Å²) in [5.41, 5.74) is 5.40. The smallest absolute Gasteiger partial charge is 0.257 e. The topological polar surface area (TPSA) is 51.0 Å². The third kappa shape index (κ3) is 4.67. The number of rotatable bonds is 6. The molecule has 6 heteroatoms. The van der Waals surface area contributed by atoms with Gasteiger partial charge >= 0.3 is 0 Å². The highest BCUT2D eigenvalue weighted by atomic mass is 35.5. The van der Waals surface area contributed by atoms with Gasteiger partial charge in [0.2, 0.25) is 0 Å². The molecule has 2 heterocycles. The Kier molecular flexibility index (Phi) is 6.14. The average molecular weight is 431 g/mol. The maximum absolute atomic E-state index is 13.6. The van der Waals surface area contributed by atoms with Gasteiger partial charge in [0.15, 0.2) is 0 Å². The predicted octanol–water partition coefficient (Wildman–Crippen LogP) is 5.38. The van der Waals surface area contributed by atoms with E-state index < -0.39 is 0 Å². The van der Waals surface area contributed by atoms with Gasteiger partial charge in [-0.2, -0.15) is 5.10 Å². The third-order valence-corrected chi connectivity index (χ3v) is 5.53. The molecular formula is C25H23ClN4O. The first kappa shape index (κ1) is 20.8. The number of hydrogen-bond donors (Lipinski definition) is 0. The van der Waals surface area contributed by atoms with Crippen LogP contribution in [0.1, 0.15) is 32.7 Å². The van der Waals surface area contributed by atoms with Crippen LogP contribution in [0.3, 0.4) is 0 Å². The van der Waals surface area contributed by atoms with Crippen LogP contribution >= 0.6 is 11.6 Å². The number of aryl methyl sites for hydroxylation is 1. The molecule has 4 rings (SSSR count). The molecule has 1 amide bonds. The van der Waals surface area contributed by atoms with Gasteiger partial charge in [-0.05, 0) is 54.8 Å². The van der Waals surface area contributed by atoms with Crippen LogP contribution in [-0.2, 0) is 13.1 Å². The maximum atomic E-state index is 13.6. The predicted molar refractivity (Wildman–Crippen MR) is 122 cm³/mol. The van der Waals surface area contributed by atoms with E-state index in [2.05, 4.69) is 29.1 Å². The fraction of sp³-hybridized carbons (Fsp3) is 0.160. The highest BCUT2D eigenvalue weighted by Gasteiger charge is 2.22. The second kappa shape index (κ2) is 9.14. The Morgan fingerprint density at radius 2 is 1.84 bits per heavy atom. The van der Waals surface area contributed by atoms with Crippen LogP contribution in [0.5, 0.6) is 0 Å². The van der Waals surface area contributed by atoms with E-state index in [1.165, 1.54) is 0 Å². The van der Waals surface area contributed by atoms with Crippen molar-refractivity contribution < 1.29 is 4.79 Å². The highest BCUT2D eigenvalue weighted by Crippen LogP contribution is 2.21. The Hall–Kier alpha value is -3.44. The van der Waals surface area contributed by atoms with Gasteiger partial charge in [0, 0.05) is 30.5 Å². The Balaban J connectivity index is 1.68. The van der Waals surface area contributed by atoms with Gasteiger partial charge in [-0.1, -0.05) is 48.0 Å². The van der Waals surface area contributed by atoms with Crippen molar-refractivity contribution in [3.8, 4) is 5.69 Å². The lowest BCUT2D eigenvalue weighted by molar-refractivity contribution is 0.0729. The van der Waals surface area contributed by atoms with Crippen molar-refractivity contribution in [2.75, 3.05) is 0 Å². The molecule has 0 fully saturated rings. The summed E-state index contributed by atoms with van der Waals surface area (Å²) in [6.45, 7) is 4.92. The standard InChI is InChI=1S/C25H23ClN4O/c1-18-7-3-4-9-21(18)17-29(16-20-8-6-12-27-14-20)25(31)24-15-28-30(19(24)2)23-11-5-10-22(26)13-23/h3-15H,16-17H2,1-2H3. The van der Waals surface area contributed by atoms with Gasteiger partial charge in [-0.15, -0.1) is 0 Å². The number of halogens is 1. The van der Waals surface area contributed by atoms with Gasteiger partial charge in [0.1, 0.15) is 0 Å². The Labute approximate surface area is 186 Å². The van der Waals surface area contributed by atoms with E-state index in [-0.39, 0.29) is 5.91 Å².